The van der Waals surface area contributed by atoms with Crippen molar-refractivity contribution >= 4 is 11.6 Å². The van der Waals surface area contributed by atoms with E-state index in [0.29, 0.717) is 0 Å². The number of Topliss-reactive ketones (excluding diaryl/α,β-unsaturated/α-hetero) is 2. The minimum absolute atomic E-state index is 0.230. The van der Waals surface area contributed by atoms with E-state index >= 15 is 0 Å². The molecule has 0 aromatic heterocycles. The van der Waals surface area contributed by atoms with Gasteiger partial charge in [0.25, 0.3) is 0 Å². The fourth-order valence-corrected chi connectivity index (χ4v) is 5.18. The van der Waals surface area contributed by atoms with Crippen LogP contribution in [0.1, 0.15) is 20.3 Å². The largest absolute Gasteiger partial charge is 0.395 e. The Morgan fingerprint density at radius 2 is 1.95 bits per heavy atom. The average molecular weight is 312 g/mol. The van der Waals surface area contributed by atoms with Crippen molar-refractivity contribution in [2.24, 2.45) is 16.7 Å². The summed E-state index contributed by atoms with van der Waals surface area (Å²) in [5, 5.41) is 31.1. The van der Waals surface area contributed by atoms with Crippen LogP contribution in [0.15, 0.2) is 0 Å². The molecule has 4 aliphatic rings. The quantitative estimate of drug-likeness (QED) is 0.395. The first-order valence-corrected chi connectivity index (χ1v) is 7.63. The lowest BCUT2D eigenvalue weighted by atomic mass is 9.49. The van der Waals surface area contributed by atoms with Gasteiger partial charge in [0.05, 0.1) is 30.8 Å². The molecule has 0 aromatic carbocycles. The number of rotatable bonds is 1. The van der Waals surface area contributed by atoms with Gasteiger partial charge < -0.3 is 24.8 Å². The van der Waals surface area contributed by atoms with Gasteiger partial charge in [-0.15, -0.1) is 0 Å². The predicted molar refractivity (Wildman–Crippen MR) is 70.8 cm³/mol. The van der Waals surface area contributed by atoms with Gasteiger partial charge in [0.15, 0.2) is 0 Å². The van der Waals surface area contributed by atoms with Gasteiger partial charge in [0, 0.05) is 11.3 Å². The molecule has 7 heteroatoms. The van der Waals surface area contributed by atoms with Crippen molar-refractivity contribution in [3.05, 3.63) is 0 Å². The highest BCUT2D eigenvalue weighted by Crippen LogP contribution is 2.70. The van der Waals surface area contributed by atoms with Crippen molar-refractivity contribution in [2.45, 2.75) is 50.3 Å². The first-order chi connectivity index (χ1) is 10.3. The van der Waals surface area contributed by atoms with Crippen LogP contribution in [0.5, 0.6) is 0 Å². The van der Waals surface area contributed by atoms with E-state index in [4.69, 9.17) is 9.47 Å². The fourth-order valence-electron chi connectivity index (χ4n) is 5.18. The molecule has 2 heterocycles. The number of carbonyl (C=O) groups excluding carboxylic acids is 2. The number of fused-ring (bicyclic) bond motifs is 2. The Bertz CT molecular complexity index is 570. The Labute approximate surface area is 127 Å². The molecule has 3 unspecified atom stereocenters. The Kier molecular flexibility index (Phi) is 2.65. The molecular formula is C15H20O7. The van der Waals surface area contributed by atoms with E-state index in [2.05, 4.69) is 0 Å². The van der Waals surface area contributed by atoms with Crippen molar-refractivity contribution in [1.82, 2.24) is 0 Å². The zero-order valence-corrected chi connectivity index (χ0v) is 12.5. The van der Waals surface area contributed by atoms with Crippen molar-refractivity contribution in [3.63, 3.8) is 0 Å². The highest BCUT2D eigenvalue weighted by atomic mass is 16.6. The molecule has 122 valence electrons. The molecule has 1 spiro atoms. The summed E-state index contributed by atoms with van der Waals surface area (Å²) >= 11 is 0. The third kappa shape index (κ3) is 1.18. The second-order valence-corrected chi connectivity index (χ2v) is 7.32. The summed E-state index contributed by atoms with van der Waals surface area (Å²) in [5.74, 6) is -1.77. The standard InChI is InChI=1S/C15H20O7/c1-6-3-7-14(4-16,11(20)8(6)17)13(2)10(19)9(18)12(22-7)15(13)5-21-15/h6-7,9-10,12,16,18-19H,3-5H2,1-2H3/t6?,7-,9?,10?,12-,13-,14-,15+/m1/s1. The van der Waals surface area contributed by atoms with Gasteiger partial charge in [-0.2, -0.15) is 0 Å². The van der Waals surface area contributed by atoms with E-state index in [9.17, 15) is 24.9 Å². The van der Waals surface area contributed by atoms with E-state index < -0.39 is 64.9 Å². The number of ketones is 2. The molecule has 8 atom stereocenters. The second kappa shape index (κ2) is 3.96. The average Bonchev–Trinajstić information content (AvgIpc) is 3.27. The molecule has 2 saturated carbocycles. The van der Waals surface area contributed by atoms with Crippen molar-refractivity contribution < 1.29 is 34.4 Å². The van der Waals surface area contributed by atoms with Crippen LogP contribution >= 0.6 is 0 Å². The summed E-state index contributed by atoms with van der Waals surface area (Å²) in [6, 6.07) is 0. The SMILES string of the molecule is CC1C[C@H]2O[C@@H]3C(O)C(O)[C@@](C)([C@]34CO4)[C@@]2(CO)C(=O)C1=O. The van der Waals surface area contributed by atoms with Gasteiger partial charge >= 0.3 is 0 Å². The molecule has 2 aliphatic carbocycles. The summed E-state index contributed by atoms with van der Waals surface area (Å²) < 4.78 is 11.5. The molecule has 4 fully saturated rings. The third-order valence-electron chi connectivity index (χ3n) is 6.70. The number of ether oxygens (including phenoxy) is 2. The summed E-state index contributed by atoms with van der Waals surface area (Å²) in [6.45, 7) is 2.89. The lowest BCUT2D eigenvalue weighted by Crippen LogP contribution is -2.72. The molecule has 2 bridgehead atoms. The van der Waals surface area contributed by atoms with Gasteiger partial charge in [-0.1, -0.05) is 13.8 Å². The second-order valence-electron chi connectivity index (χ2n) is 7.32. The van der Waals surface area contributed by atoms with E-state index in [-0.39, 0.29) is 13.0 Å². The van der Waals surface area contributed by atoms with Crippen molar-refractivity contribution in [2.75, 3.05) is 13.2 Å². The highest BCUT2D eigenvalue weighted by Gasteiger charge is 2.87. The van der Waals surface area contributed by atoms with Crippen LogP contribution in [0.4, 0.5) is 0 Å². The molecule has 0 radical (unpaired) electrons. The number of hydrogen-bond donors (Lipinski definition) is 3. The van der Waals surface area contributed by atoms with Crippen LogP contribution in [-0.4, -0.2) is 70.1 Å². The third-order valence-corrected chi connectivity index (χ3v) is 6.70. The Morgan fingerprint density at radius 3 is 2.50 bits per heavy atom. The summed E-state index contributed by atoms with van der Waals surface area (Å²) in [6.07, 6.45) is -3.69. The molecule has 0 amide bonds. The summed E-state index contributed by atoms with van der Waals surface area (Å²) in [5.41, 5.74) is -3.84. The molecule has 2 saturated heterocycles. The molecular weight excluding hydrogens is 292 g/mol. The van der Waals surface area contributed by atoms with Crippen LogP contribution in [0.25, 0.3) is 0 Å². The number of aliphatic hydroxyl groups excluding tert-OH is 3. The van der Waals surface area contributed by atoms with Gasteiger partial charge in [-0.3, -0.25) is 9.59 Å². The Balaban J connectivity index is 1.95. The fraction of sp³-hybridized carbons (Fsp3) is 0.867. The minimum atomic E-state index is -1.57. The maximum atomic E-state index is 12.8. The van der Waals surface area contributed by atoms with Gasteiger partial charge in [-0.05, 0) is 6.42 Å². The van der Waals surface area contributed by atoms with E-state index in [0.717, 1.165) is 0 Å². The van der Waals surface area contributed by atoms with Gasteiger partial charge in [-0.25, -0.2) is 0 Å². The van der Waals surface area contributed by atoms with E-state index in [1.165, 1.54) is 0 Å². The number of carbonyl (C=O) groups is 2. The number of aliphatic hydroxyl groups is 3. The van der Waals surface area contributed by atoms with Crippen LogP contribution in [0.3, 0.4) is 0 Å². The number of epoxide rings is 1. The highest BCUT2D eigenvalue weighted by molar-refractivity contribution is 6.41. The zero-order valence-electron chi connectivity index (χ0n) is 12.5. The predicted octanol–water partition coefficient (Wildman–Crippen LogP) is -1.58. The molecule has 4 rings (SSSR count). The summed E-state index contributed by atoms with van der Waals surface area (Å²) in [4.78, 5) is 25.1. The normalized spacial score (nSPS) is 59.8. The first kappa shape index (κ1) is 14.7. The van der Waals surface area contributed by atoms with E-state index in [1.807, 2.05) is 0 Å². The molecule has 22 heavy (non-hydrogen) atoms. The zero-order chi connectivity index (χ0) is 16.1. The topological polar surface area (TPSA) is 117 Å². The molecule has 0 aromatic rings. The van der Waals surface area contributed by atoms with Crippen LogP contribution in [0.2, 0.25) is 0 Å². The van der Waals surface area contributed by atoms with Gasteiger partial charge in [0.1, 0.15) is 17.8 Å². The Morgan fingerprint density at radius 1 is 1.32 bits per heavy atom. The van der Waals surface area contributed by atoms with Crippen LogP contribution in [-0.2, 0) is 19.1 Å². The smallest absolute Gasteiger partial charge is 0.210 e. The first-order valence-electron chi connectivity index (χ1n) is 7.63. The van der Waals surface area contributed by atoms with Crippen LogP contribution in [0, 0.1) is 16.7 Å². The Hall–Kier alpha value is -0.860. The van der Waals surface area contributed by atoms with Crippen LogP contribution < -0.4 is 0 Å². The maximum absolute atomic E-state index is 12.8. The van der Waals surface area contributed by atoms with Crippen molar-refractivity contribution in [3.8, 4) is 0 Å². The number of hydrogen-bond acceptors (Lipinski definition) is 7. The monoisotopic (exact) mass is 312 g/mol. The lowest BCUT2D eigenvalue weighted by molar-refractivity contribution is -0.238. The minimum Gasteiger partial charge on any atom is -0.395 e. The van der Waals surface area contributed by atoms with Gasteiger partial charge in [0.2, 0.25) is 11.6 Å². The summed E-state index contributed by atoms with van der Waals surface area (Å²) in [7, 11) is 0. The van der Waals surface area contributed by atoms with E-state index in [1.54, 1.807) is 13.8 Å². The maximum Gasteiger partial charge on any atom is 0.210 e. The lowest BCUT2D eigenvalue weighted by Gasteiger charge is -2.57. The molecule has 7 nitrogen and oxygen atoms in total. The molecule has 3 N–H and O–H groups in total. The molecule has 2 aliphatic heterocycles. The van der Waals surface area contributed by atoms with Crippen molar-refractivity contribution in [1.29, 1.82) is 0 Å².